The van der Waals surface area contributed by atoms with Crippen molar-refractivity contribution in [3.8, 4) is 11.3 Å². The van der Waals surface area contributed by atoms with Crippen molar-refractivity contribution in [2.24, 2.45) is 5.73 Å². The van der Waals surface area contributed by atoms with Crippen LogP contribution in [0.5, 0.6) is 0 Å². The van der Waals surface area contributed by atoms with Gasteiger partial charge in [0.15, 0.2) is 5.13 Å². The van der Waals surface area contributed by atoms with Crippen LogP contribution < -0.4 is 16.4 Å². The molecular formula is C22H24N4O2S. The molecule has 2 amide bonds. The average Bonchev–Trinajstić information content (AvgIpc) is 3.22. The first-order chi connectivity index (χ1) is 14.2. The SMILES string of the molecule is NCCCC[C@H](NC(=O)c1ccccc1)C(=O)Nc1nc(-c2ccccc2)cs1. The van der Waals surface area contributed by atoms with Gasteiger partial charge in [0.05, 0.1) is 5.69 Å². The Bertz CT molecular complexity index is 928. The Kier molecular flexibility index (Phi) is 7.49. The number of carbonyl (C=O) groups is 2. The van der Waals surface area contributed by atoms with Gasteiger partial charge in [-0.2, -0.15) is 0 Å². The monoisotopic (exact) mass is 408 g/mol. The second kappa shape index (κ2) is 10.5. The number of nitrogens with two attached hydrogens (primary N) is 1. The summed E-state index contributed by atoms with van der Waals surface area (Å²) in [7, 11) is 0. The van der Waals surface area contributed by atoms with E-state index in [4.69, 9.17) is 5.73 Å². The van der Waals surface area contributed by atoms with E-state index in [2.05, 4.69) is 15.6 Å². The zero-order chi connectivity index (χ0) is 20.5. The molecule has 0 saturated carbocycles. The highest BCUT2D eigenvalue weighted by molar-refractivity contribution is 7.14. The zero-order valence-electron chi connectivity index (χ0n) is 16.0. The first-order valence-corrected chi connectivity index (χ1v) is 10.4. The van der Waals surface area contributed by atoms with Crippen LogP contribution in [0.3, 0.4) is 0 Å². The minimum Gasteiger partial charge on any atom is -0.340 e. The van der Waals surface area contributed by atoms with E-state index < -0.39 is 6.04 Å². The maximum Gasteiger partial charge on any atom is 0.251 e. The summed E-state index contributed by atoms with van der Waals surface area (Å²) in [6.07, 6.45) is 2.05. The molecule has 0 bridgehead atoms. The Morgan fingerprint density at radius 1 is 1.00 bits per heavy atom. The predicted octanol–water partition coefficient (Wildman–Crippen LogP) is 3.68. The minimum atomic E-state index is -0.654. The lowest BCUT2D eigenvalue weighted by atomic mass is 10.1. The van der Waals surface area contributed by atoms with E-state index in [-0.39, 0.29) is 11.8 Å². The van der Waals surface area contributed by atoms with Crippen molar-refractivity contribution >= 4 is 28.3 Å². The molecule has 0 spiro atoms. The summed E-state index contributed by atoms with van der Waals surface area (Å²) in [5.41, 5.74) is 7.88. The number of nitrogens with one attached hydrogen (secondary N) is 2. The molecule has 0 aliphatic heterocycles. The van der Waals surface area contributed by atoms with E-state index in [0.717, 1.165) is 24.1 Å². The summed E-state index contributed by atoms with van der Waals surface area (Å²) >= 11 is 1.36. The summed E-state index contributed by atoms with van der Waals surface area (Å²) in [5.74, 6) is -0.553. The van der Waals surface area contributed by atoms with Crippen LogP contribution >= 0.6 is 11.3 Å². The summed E-state index contributed by atoms with van der Waals surface area (Å²) in [4.78, 5) is 29.8. The standard InChI is InChI=1S/C22H24N4O2S/c23-14-8-7-13-18(24-20(27)17-11-5-2-6-12-17)21(28)26-22-25-19(15-29-22)16-9-3-1-4-10-16/h1-6,9-12,15,18H,7-8,13-14,23H2,(H,24,27)(H,25,26,28)/t18-/m0/s1. The predicted molar refractivity (Wildman–Crippen MR) is 117 cm³/mol. The molecular weight excluding hydrogens is 384 g/mol. The van der Waals surface area contributed by atoms with E-state index in [1.165, 1.54) is 11.3 Å². The number of thiazole rings is 1. The number of carbonyl (C=O) groups excluding carboxylic acids is 2. The van der Waals surface area contributed by atoms with Crippen molar-refractivity contribution in [2.45, 2.75) is 25.3 Å². The second-order valence-electron chi connectivity index (χ2n) is 6.57. The highest BCUT2D eigenvalue weighted by atomic mass is 32.1. The van der Waals surface area contributed by atoms with Crippen LogP contribution in [0.25, 0.3) is 11.3 Å². The van der Waals surface area contributed by atoms with Crippen LogP contribution in [0.1, 0.15) is 29.6 Å². The van der Waals surface area contributed by atoms with Gasteiger partial charge < -0.3 is 16.4 Å². The molecule has 0 aliphatic carbocycles. The molecule has 1 aromatic heterocycles. The van der Waals surface area contributed by atoms with Crippen molar-refractivity contribution in [2.75, 3.05) is 11.9 Å². The smallest absolute Gasteiger partial charge is 0.251 e. The minimum absolute atomic E-state index is 0.275. The van der Waals surface area contributed by atoms with E-state index in [1.54, 1.807) is 24.3 Å². The number of aromatic nitrogens is 1. The van der Waals surface area contributed by atoms with Gasteiger partial charge in [-0.1, -0.05) is 48.5 Å². The lowest BCUT2D eigenvalue weighted by Crippen LogP contribution is -2.43. The van der Waals surface area contributed by atoms with Gasteiger partial charge in [0.2, 0.25) is 5.91 Å². The van der Waals surface area contributed by atoms with Crippen LogP contribution in [0.15, 0.2) is 66.0 Å². The Labute approximate surface area is 174 Å². The Hall–Kier alpha value is -3.03. The van der Waals surface area contributed by atoms with Crippen molar-refractivity contribution in [1.29, 1.82) is 0 Å². The molecule has 3 rings (SSSR count). The molecule has 0 aliphatic rings. The highest BCUT2D eigenvalue weighted by Crippen LogP contribution is 2.24. The number of hydrogen-bond donors (Lipinski definition) is 3. The van der Waals surface area contributed by atoms with Gasteiger partial charge in [-0.3, -0.25) is 9.59 Å². The van der Waals surface area contributed by atoms with Crippen molar-refractivity contribution in [3.63, 3.8) is 0 Å². The van der Waals surface area contributed by atoms with Gasteiger partial charge in [-0.15, -0.1) is 11.3 Å². The summed E-state index contributed by atoms with van der Waals surface area (Å²) in [6, 6.07) is 18.0. The van der Waals surface area contributed by atoms with Gasteiger partial charge in [0, 0.05) is 16.5 Å². The van der Waals surface area contributed by atoms with Crippen LogP contribution in [0, 0.1) is 0 Å². The fourth-order valence-electron chi connectivity index (χ4n) is 2.86. The molecule has 29 heavy (non-hydrogen) atoms. The van der Waals surface area contributed by atoms with Gasteiger partial charge >= 0.3 is 0 Å². The van der Waals surface area contributed by atoms with Crippen LogP contribution in [-0.2, 0) is 4.79 Å². The van der Waals surface area contributed by atoms with Crippen LogP contribution in [0.4, 0.5) is 5.13 Å². The van der Waals surface area contributed by atoms with Gasteiger partial charge in [0.25, 0.3) is 5.91 Å². The molecule has 4 N–H and O–H groups in total. The second-order valence-corrected chi connectivity index (χ2v) is 7.43. The third kappa shape index (κ3) is 5.97. The van der Waals surface area contributed by atoms with Crippen molar-refractivity contribution in [3.05, 3.63) is 71.6 Å². The Morgan fingerprint density at radius 3 is 2.38 bits per heavy atom. The number of amides is 2. The number of benzene rings is 2. The first kappa shape index (κ1) is 20.7. The van der Waals surface area contributed by atoms with Crippen LogP contribution in [0.2, 0.25) is 0 Å². The molecule has 2 aromatic carbocycles. The van der Waals surface area contributed by atoms with Crippen LogP contribution in [-0.4, -0.2) is 29.4 Å². The lowest BCUT2D eigenvalue weighted by Gasteiger charge is -2.17. The molecule has 0 fully saturated rings. The van der Waals surface area contributed by atoms with E-state index in [1.807, 2.05) is 41.8 Å². The fourth-order valence-corrected chi connectivity index (χ4v) is 3.58. The largest absolute Gasteiger partial charge is 0.340 e. The van der Waals surface area contributed by atoms with Crippen molar-refractivity contribution < 1.29 is 9.59 Å². The molecule has 6 nitrogen and oxygen atoms in total. The fraction of sp³-hybridized carbons (Fsp3) is 0.227. The molecule has 3 aromatic rings. The Balaban J connectivity index is 1.67. The highest BCUT2D eigenvalue weighted by Gasteiger charge is 2.22. The number of hydrogen-bond acceptors (Lipinski definition) is 5. The molecule has 0 saturated heterocycles. The normalized spacial score (nSPS) is 11.6. The summed E-state index contributed by atoms with van der Waals surface area (Å²) in [5, 5.41) is 8.08. The molecule has 1 atom stereocenters. The molecule has 0 radical (unpaired) electrons. The third-order valence-electron chi connectivity index (χ3n) is 4.41. The molecule has 7 heteroatoms. The average molecular weight is 409 g/mol. The van der Waals surface area contributed by atoms with E-state index >= 15 is 0 Å². The molecule has 150 valence electrons. The number of anilines is 1. The number of unbranched alkanes of at least 4 members (excludes halogenated alkanes) is 1. The third-order valence-corrected chi connectivity index (χ3v) is 5.17. The van der Waals surface area contributed by atoms with Gasteiger partial charge in [-0.25, -0.2) is 4.98 Å². The summed E-state index contributed by atoms with van der Waals surface area (Å²) in [6.45, 7) is 0.549. The number of rotatable bonds is 9. The van der Waals surface area contributed by atoms with E-state index in [0.29, 0.717) is 23.7 Å². The molecule has 1 heterocycles. The topological polar surface area (TPSA) is 97.1 Å². The lowest BCUT2D eigenvalue weighted by molar-refractivity contribution is -0.118. The quantitative estimate of drug-likeness (QED) is 0.471. The molecule has 0 unspecified atom stereocenters. The summed E-state index contributed by atoms with van der Waals surface area (Å²) < 4.78 is 0. The van der Waals surface area contributed by atoms with Gasteiger partial charge in [0.1, 0.15) is 6.04 Å². The maximum atomic E-state index is 12.8. The van der Waals surface area contributed by atoms with E-state index in [9.17, 15) is 9.59 Å². The first-order valence-electron chi connectivity index (χ1n) is 9.55. The maximum absolute atomic E-state index is 12.8. The Morgan fingerprint density at radius 2 is 1.69 bits per heavy atom. The van der Waals surface area contributed by atoms with Crippen molar-refractivity contribution in [1.82, 2.24) is 10.3 Å². The zero-order valence-corrected chi connectivity index (χ0v) is 16.8. The number of nitrogens with zero attached hydrogens (tertiary/aromatic N) is 1. The van der Waals surface area contributed by atoms with Gasteiger partial charge in [-0.05, 0) is 37.9 Å².